The Morgan fingerprint density at radius 1 is 1.17 bits per heavy atom. The Balaban J connectivity index is 1.48. The normalized spacial score (nSPS) is 25.7. The second-order valence-electron chi connectivity index (χ2n) is 8.66. The lowest BCUT2D eigenvalue weighted by Gasteiger charge is -2.48. The van der Waals surface area contributed by atoms with Crippen LogP contribution in [0.4, 0.5) is 0 Å². The van der Waals surface area contributed by atoms with Gasteiger partial charge < -0.3 is 9.73 Å². The molecule has 5 nitrogen and oxygen atoms in total. The summed E-state index contributed by atoms with van der Waals surface area (Å²) in [7, 11) is 0. The molecular formula is C24H26IN3O2. The Hall–Kier alpha value is -1.93. The van der Waals surface area contributed by atoms with E-state index in [1.54, 1.807) is 0 Å². The van der Waals surface area contributed by atoms with Crippen LogP contribution in [0, 0.1) is 5.92 Å². The SMILES string of the molecule is CC(C)c1ccccc1-c1nc2c(C(=O)NC3C4CCN(CC4)C3I)cccc2o1. The number of nitrogens with one attached hydrogen (secondary N) is 1. The smallest absolute Gasteiger partial charge is 0.253 e. The first-order valence-corrected chi connectivity index (χ1v) is 12.0. The van der Waals surface area contributed by atoms with Crippen LogP contribution in [0.3, 0.4) is 0 Å². The van der Waals surface area contributed by atoms with E-state index in [-0.39, 0.29) is 11.9 Å². The molecule has 30 heavy (non-hydrogen) atoms. The summed E-state index contributed by atoms with van der Waals surface area (Å²) in [6.45, 7) is 6.60. The van der Waals surface area contributed by atoms with E-state index in [9.17, 15) is 4.79 Å². The summed E-state index contributed by atoms with van der Waals surface area (Å²) >= 11 is 2.48. The molecule has 2 bridgehead atoms. The monoisotopic (exact) mass is 515 g/mol. The van der Waals surface area contributed by atoms with E-state index in [2.05, 4.69) is 52.7 Å². The van der Waals surface area contributed by atoms with Gasteiger partial charge >= 0.3 is 0 Å². The van der Waals surface area contributed by atoms with Crippen LogP contribution in [0.2, 0.25) is 0 Å². The van der Waals surface area contributed by atoms with Crippen LogP contribution < -0.4 is 5.32 Å². The van der Waals surface area contributed by atoms with Crippen molar-refractivity contribution in [3.8, 4) is 11.5 Å². The predicted molar refractivity (Wildman–Crippen MR) is 127 cm³/mol. The molecule has 1 aromatic heterocycles. The second-order valence-corrected chi connectivity index (χ2v) is 9.93. The summed E-state index contributed by atoms with van der Waals surface area (Å²) in [5.74, 6) is 1.43. The number of amides is 1. The number of nitrogens with zero attached hydrogens (tertiary/aromatic N) is 2. The molecule has 3 saturated heterocycles. The van der Waals surface area contributed by atoms with Crippen LogP contribution in [0.1, 0.15) is 48.5 Å². The fraction of sp³-hybridized carbons (Fsp3) is 0.417. The maximum absolute atomic E-state index is 13.3. The van der Waals surface area contributed by atoms with E-state index in [0.29, 0.717) is 38.4 Å². The molecule has 4 heterocycles. The number of benzene rings is 2. The zero-order chi connectivity index (χ0) is 20.8. The fourth-order valence-electron chi connectivity index (χ4n) is 4.83. The molecule has 3 aromatic rings. The van der Waals surface area contributed by atoms with Crippen molar-refractivity contribution >= 4 is 39.6 Å². The van der Waals surface area contributed by atoms with Gasteiger partial charge in [-0.15, -0.1) is 0 Å². The molecule has 0 radical (unpaired) electrons. The Kier molecular flexibility index (Phi) is 5.31. The van der Waals surface area contributed by atoms with Gasteiger partial charge in [0, 0.05) is 5.56 Å². The van der Waals surface area contributed by atoms with E-state index in [0.717, 1.165) is 31.5 Å². The van der Waals surface area contributed by atoms with Crippen LogP contribution in [-0.4, -0.2) is 39.0 Å². The molecular weight excluding hydrogens is 489 g/mol. The summed E-state index contributed by atoms with van der Waals surface area (Å²) in [6, 6.07) is 14.0. The molecule has 2 atom stereocenters. The third kappa shape index (κ3) is 3.43. The lowest BCUT2D eigenvalue weighted by Crippen LogP contribution is -2.61. The number of carbonyl (C=O) groups excluding carboxylic acids is 1. The Morgan fingerprint density at radius 2 is 1.93 bits per heavy atom. The van der Waals surface area contributed by atoms with E-state index in [1.807, 2.05) is 36.4 Å². The van der Waals surface area contributed by atoms with Gasteiger partial charge in [-0.25, -0.2) is 4.98 Å². The van der Waals surface area contributed by atoms with Gasteiger partial charge in [-0.2, -0.15) is 0 Å². The van der Waals surface area contributed by atoms with Gasteiger partial charge in [-0.1, -0.05) is 60.7 Å². The molecule has 3 fully saturated rings. The largest absolute Gasteiger partial charge is 0.436 e. The highest BCUT2D eigenvalue weighted by molar-refractivity contribution is 14.1. The van der Waals surface area contributed by atoms with Gasteiger partial charge in [0.15, 0.2) is 5.58 Å². The van der Waals surface area contributed by atoms with Gasteiger partial charge in [0.05, 0.1) is 15.7 Å². The van der Waals surface area contributed by atoms with Crippen molar-refractivity contribution in [3.63, 3.8) is 0 Å². The number of rotatable bonds is 4. The van der Waals surface area contributed by atoms with Crippen LogP contribution in [0.15, 0.2) is 46.9 Å². The van der Waals surface area contributed by atoms with Crippen molar-refractivity contribution in [2.24, 2.45) is 5.92 Å². The summed E-state index contributed by atoms with van der Waals surface area (Å²) in [5.41, 5.74) is 4.05. The Bertz CT molecular complexity index is 1080. The maximum Gasteiger partial charge on any atom is 0.253 e. The van der Waals surface area contributed by atoms with Crippen molar-refractivity contribution in [2.45, 2.75) is 42.7 Å². The zero-order valence-corrected chi connectivity index (χ0v) is 19.4. The number of hydrogen-bond donors (Lipinski definition) is 1. The van der Waals surface area contributed by atoms with Crippen LogP contribution >= 0.6 is 22.6 Å². The highest BCUT2D eigenvalue weighted by Gasteiger charge is 2.41. The van der Waals surface area contributed by atoms with Crippen molar-refractivity contribution in [1.82, 2.24) is 15.2 Å². The molecule has 0 aliphatic carbocycles. The first-order valence-electron chi connectivity index (χ1n) is 10.7. The lowest BCUT2D eigenvalue weighted by atomic mass is 9.84. The molecule has 3 aliphatic heterocycles. The first-order chi connectivity index (χ1) is 14.5. The number of alkyl halides is 1. The number of oxazole rings is 1. The highest BCUT2D eigenvalue weighted by Crippen LogP contribution is 2.36. The Labute approximate surface area is 190 Å². The minimum atomic E-state index is -0.0574. The minimum Gasteiger partial charge on any atom is -0.436 e. The average molecular weight is 515 g/mol. The Morgan fingerprint density at radius 3 is 2.67 bits per heavy atom. The van der Waals surface area contributed by atoms with E-state index in [4.69, 9.17) is 9.40 Å². The summed E-state index contributed by atoms with van der Waals surface area (Å²) in [4.78, 5) is 20.5. The van der Waals surface area contributed by atoms with Gasteiger partial charge in [-0.3, -0.25) is 9.69 Å². The van der Waals surface area contributed by atoms with Crippen molar-refractivity contribution < 1.29 is 9.21 Å². The molecule has 3 aliphatic rings. The molecule has 1 amide bonds. The van der Waals surface area contributed by atoms with Gasteiger partial charge in [0.1, 0.15) is 5.52 Å². The third-order valence-corrected chi connectivity index (χ3v) is 8.06. The number of carbonyl (C=O) groups is 1. The van der Waals surface area contributed by atoms with Crippen LogP contribution in [-0.2, 0) is 0 Å². The molecule has 2 unspecified atom stereocenters. The number of piperidine rings is 3. The summed E-state index contributed by atoms with van der Waals surface area (Å²) in [5, 5.41) is 3.32. The molecule has 0 spiro atoms. The second kappa shape index (κ2) is 7.96. The van der Waals surface area contributed by atoms with Gasteiger partial charge in [0.2, 0.25) is 5.89 Å². The molecule has 0 saturated carbocycles. The number of para-hydroxylation sites is 1. The average Bonchev–Trinajstić information content (AvgIpc) is 3.20. The topological polar surface area (TPSA) is 58.4 Å². The van der Waals surface area contributed by atoms with E-state index >= 15 is 0 Å². The molecule has 156 valence electrons. The van der Waals surface area contributed by atoms with Gasteiger partial charge in [0.25, 0.3) is 5.91 Å². The maximum atomic E-state index is 13.3. The van der Waals surface area contributed by atoms with Crippen LogP contribution in [0.5, 0.6) is 0 Å². The molecule has 6 rings (SSSR count). The highest BCUT2D eigenvalue weighted by atomic mass is 127. The minimum absolute atomic E-state index is 0.0574. The number of fused-ring (bicyclic) bond motifs is 4. The third-order valence-electron chi connectivity index (χ3n) is 6.50. The predicted octanol–water partition coefficient (Wildman–Crippen LogP) is 5.20. The van der Waals surface area contributed by atoms with Gasteiger partial charge in [-0.05, 0) is 61.5 Å². The van der Waals surface area contributed by atoms with Crippen molar-refractivity contribution in [3.05, 3.63) is 53.6 Å². The zero-order valence-electron chi connectivity index (χ0n) is 17.3. The van der Waals surface area contributed by atoms with Crippen LogP contribution in [0.25, 0.3) is 22.6 Å². The standard InChI is InChI=1S/C24H26IN3O2/c1-14(2)16-6-3-4-7-17(16)24-27-21-18(8-5-9-19(21)30-24)23(29)26-20-15-10-12-28(13-11-15)22(20)25/h3-9,14-15,20,22H,10-13H2,1-2H3,(H,26,29). The number of aromatic nitrogens is 1. The van der Waals surface area contributed by atoms with Crippen molar-refractivity contribution in [1.29, 1.82) is 0 Å². The number of hydrogen-bond acceptors (Lipinski definition) is 4. The summed E-state index contributed by atoms with van der Waals surface area (Å²) in [6.07, 6.45) is 2.32. The first kappa shape index (κ1) is 20.0. The molecule has 2 aromatic carbocycles. The molecule has 1 N–H and O–H groups in total. The van der Waals surface area contributed by atoms with Crippen molar-refractivity contribution in [2.75, 3.05) is 13.1 Å². The summed E-state index contributed by atoms with van der Waals surface area (Å²) < 4.78 is 6.45. The molecule has 6 heteroatoms. The van der Waals surface area contributed by atoms with E-state index in [1.165, 1.54) is 5.56 Å². The number of halogens is 1. The van der Waals surface area contributed by atoms with E-state index < -0.39 is 0 Å². The quantitative estimate of drug-likeness (QED) is 0.295. The fourth-order valence-corrected chi connectivity index (χ4v) is 6.16. The lowest BCUT2D eigenvalue weighted by molar-refractivity contribution is 0.0554.